The molecule has 0 saturated heterocycles. The number of alkyl halides is 2. The number of fused-ring (bicyclic) bond motifs is 1. The summed E-state index contributed by atoms with van der Waals surface area (Å²) in [5.41, 5.74) is 2.82. The minimum Gasteiger partial charge on any atom is -0.296 e. The molecule has 1 saturated carbocycles. The van der Waals surface area contributed by atoms with Crippen LogP contribution in [-0.2, 0) is 4.79 Å². The van der Waals surface area contributed by atoms with Crippen molar-refractivity contribution in [3.05, 3.63) is 65.2 Å². The van der Waals surface area contributed by atoms with E-state index in [9.17, 15) is 9.59 Å². The SMILES string of the molecule is Cc1ccc(N2C(=O)c3ccccc3[C@@H](C=NC[C@@H]3CC3(Cl)Cl)C2=O)cc1. The molecule has 0 N–H and O–H groups in total. The van der Waals surface area contributed by atoms with Gasteiger partial charge in [-0.15, -0.1) is 23.2 Å². The van der Waals surface area contributed by atoms with Crippen molar-refractivity contribution < 1.29 is 9.59 Å². The van der Waals surface area contributed by atoms with Crippen molar-refractivity contribution in [2.24, 2.45) is 10.9 Å². The van der Waals surface area contributed by atoms with E-state index in [1.54, 1.807) is 36.5 Å². The van der Waals surface area contributed by atoms with Gasteiger partial charge in [-0.1, -0.05) is 35.9 Å². The van der Waals surface area contributed by atoms with Crippen molar-refractivity contribution in [2.45, 2.75) is 23.6 Å². The Hall–Kier alpha value is -2.17. The number of rotatable bonds is 4. The molecule has 0 radical (unpaired) electrons. The Morgan fingerprint density at radius 2 is 1.81 bits per heavy atom. The fraction of sp³-hybridized carbons (Fsp3) is 0.286. The van der Waals surface area contributed by atoms with Crippen LogP contribution in [0.15, 0.2) is 53.5 Å². The van der Waals surface area contributed by atoms with Crippen molar-refractivity contribution in [3.63, 3.8) is 0 Å². The van der Waals surface area contributed by atoms with Gasteiger partial charge in [-0.25, -0.2) is 4.90 Å². The summed E-state index contributed by atoms with van der Waals surface area (Å²) in [6.45, 7) is 2.43. The maximum absolute atomic E-state index is 13.2. The molecular weight excluding hydrogens is 383 g/mol. The van der Waals surface area contributed by atoms with E-state index in [1.165, 1.54) is 4.90 Å². The van der Waals surface area contributed by atoms with Crippen LogP contribution in [0.2, 0.25) is 0 Å². The first kappa shape index (κ1) is 18.2. The number of amides is 2. The number of carbonyl (C=O) groups excluding carboxylic acids is 2. The van der Waals surface area contributed by atoms with E-state index >= 15 is 0 Å². The molecule has 1 fully saturated rings. The largest absolute Gasteiger partial charge is 0.296 e. The van der Waals surface area contributed by atoms with Crippen LogP contribution in [0.25, 0.3) is 0 Å². The third kappa shape index (κ3) is 3.40. The van der Waals surface area contributed by atoms with Gasteiger partial charge < -0.3 is 0 Å². The maximum Gasteiger partial charge on any atom is 0.265 e. The summed E-state index contributed by atoms with van der Waals surface area (Å²) in [5, 5.41) is 0. The highest BCUT2D eigenvalue weighted by Gasteiger charge is 2.51. The lowest BCUT2D eigenvalue weighted by Gasteiger charge is -2.31. The number of imide groups is 1. The molecule has 2 amide bonds. The van der Waals surface area contributed by atoms with Gasteiger partial charge in [-0.2, -0.15) is 0 Å². The number of nitrogens with zero attached hydrogens (tertiary/aromatic N) is 2. The van der Waals surface area contributed by atoms with Crippen LogP contribution in [0.1, 0.15) is 33.8 Å². The Morgan fingerprint density at radius 1 is 1.15 bits per heavy atom. The highest BCUT2D eigenvalue weighted by molar-refractivity contribution is 6.50. The monoisotopic (exact) mass is 400 g/mol. The summed E-state index contributed by atoms with van der Waals surface area (Å²) in [6, 6.07) is 14.5. The minimum absolute atomic E-state index is 0.112. The number of aryl methyl sites for hydroxylation is 1. The molecule has 4 nitrogen and oxygen atoms in total. The molecule has 2 aromatic carbocycles. The van der Waals surface area contributed by atoms with Gasteiger partial charge in [0.1, 0.15) is 4.33 Å². The van der Waals surface area contributed by atoms with E-state index in [0.717, 1.165) is 5.56 Å². The zero-order valence-electron chi connectivity index (χ0n) is 14.7. The van der Waals surface area contributed by atoms with Crippen LogP contribution < -0.4 is 4.90 Å². The lowest BCUT2D eigenvalue weighted by Crippen LogP contribution is -2.45. The summed E-state index contributed by atoms with van der Waals surface area (Å²) in [7, 11) is 0. The number of benzene rings is 2. The summed E-state index contributed by atoms with van der Waals surface area (Å²) < 4.78 is -0.699. The van der Waals surface area contributed by atoms with Crippen molar-refractivity contribution in [3.8, 4) is 0 Å². The second-order valence-electron chi connectivity index (χ2n) is 7.06. The number of hydrogen-bond acceptors (Lipinski definition) is 3. The molecule has 4 rings (SSSR count). The van der Waals surface area contributed by atoms with Gasteiger partial charge in [0.05, 0.1) is 11.6 Å². The van der Waals surface area contributed by atoms with Gasteiger partial charge in [0.25, 0.3) is 5.91 Å². The topological polar surface area (TPSA) is 49.7 Å². The van der Waals surface area contributed by atoms with Crippen LogP contribution >= 0.6 is 23.2 Å². The smallest absolute Gasteiger partial charge is 0.265 e. The van der Waals surface area contributed by atoms with Gasteiger partial charge >= 0.3 is 0 Å². The van der Waals surface area contributed by atoms with Crippen LogP contribution in [0.4, 0.5) is 5.69 Å². The van der Waals surface area contributed by atoms with E-state index in [4.69, 9.17) is 23.2 Å². The van der Waals surface area contributed by atoms with Crippen LogP contribution in [0.5, 0.6) is 0 Å². The van der Waals surface area contributed by atoms with E-state index < -0.39 is 10.3 Å². The van der Waals surface area contributed by atoms with Gasteiger partial charge in [-0.05, 0) is 37.1 Å². The molecular formula is C21H18Cl2N2O2. The zero-order chi connectivity index (χ0) is 19.2. The molecule has 1 aliphatic heterocycles. The molecule has 0 spiro atoms. The number of halogens is 2. The maximum atomic E-state index is 13.2. The lowest BCUT2D eigenvalue weighted by molar-refractivity contribution is -0.118. The molecule has 2 atom stereocenters. The van der Waals surface area contributed by atoms with E-state index in [1.807, 2.05) is 25.1 Å². The average molecular weight is 401 g/mol. The van der Waals surface area contributed by atoms with Crippen LogP contribution in [0.3, 0.4) is 0 Å². The van der Waals surface area contributed by atoms with Crippen molar-refractivity contribution in [1.82, 2.24) is 0 Å². The standard InChI is InChI=1S/C21H18Cl2N2O2/c1-13-6-8-15(9-7-13)25-19(26)17-5-3-2-4-16(17)18(20(25)27)12-24-11-14-10-21(14,22)23/h2-9,12,14,18H,10-11H2,1H3/t14-,18+/m0/s1. The molecule has 0 aromatic heterocycles. The summed E-state index contributed by atoms with van der Waals surface area (Å²) >= 11 is 12.1. The number of aliphatic imine (C=N–C) groups is 1. The number of anilines is 1. The van der Waals surface area contributed by atoms with Gasteiger partial charge in [0.2, 0.25) is 5.91 Å². The highest BCUT2D eigenvalue weighted by Crippen LogP contribution is 2.53. The van der Waals surface area contributed by atoms with E-state index in [2.05, 4.69) is 4.99 Å². The van der Waals surface area contributed by atoms with Crippen molar-refractivity contribution in [1.29, 1.82) is 0 Å². The molecule has 2 aromatic rings. The Labute approximate surface area is 167 Å². The van der Waals surface area contributed by atoms with Crippen molar-refractivity contribution in [2.75, 3.05) is 11.4 Å². The predicted molar refractivity (Wildman–Crippen MR) is 108 cm³/mol. The average Bonchev–Trinajstić information content (AvgIpc) is 3.26. The van der Waals surface area contributed by atoms with Gasteiger partial charge in [0.15, 0.2) is 0 Å². The third-order valence-corrected chi connectivity index (χ3v) is 5.97. The van der Waals surface area contributed by atoms with Gasteiger partial charge in [0, 0.05) is 24.2 Å². The first-order chi connectivity index (χ1) is 12.9. The van der Waals surface area contributed by atoms with Crippen LogP contribution in [-0.4, -0.2) is 28.9 Å². The lowest BCUT2D eigenvalue weighted by atomic mass is 9.89. The number of carbonyl (C=O) groups is 2. The van der Waals surface area contributed by atoms with Crippen LogP contribution in [0, 0.1) is 12.8 Å². The highest BCUT2D eigenvalue weighted by atomic mass is 35.5. The second-order valence-corrected chi connectivity index (χ2v) is 8.60. The molecule has 6 heteroatoms. The molecule has 2 aliphatic rings. The van der Waals surface area contributed by atoms with Crippen molar-refractivity contribution >= 4 is 46.9 Å². The minimum atomic E-state index is -0.699. The number of hydrogen-bond donors (Lipinski definition) is 0. The van der Waals surface area contributed by atoms with Gasteiger partial charge in [-0.3, -0.25) is 14.6 Å². The molecule has 0 unspecified atom stereocenters. The Kier molecular flexibility index (Phi) is 4.57. The molecule has 138 valence electrons. The third-order valence-electron chi connectivity index (χ3n) is 5.04. The molecule has 1 aliphatic carbocycles. The quantitative estimate of drug-likeness (QED) is 0.429. The second kappa shape index (κ2) is 6.77. The predicted octanol–water partition coefficient (Wildman–Crippen LogP) is 4.53. The Morgan fingerprint density at radius 3 is 2.48 bits per heavy atom. The fourth-order valence-corrected chi connectivity index (χ4v) is 3.81. The molecule has 27 heavy (non-hydrogen) atoms. The zero-order valence-corrected chi connectivity index (χ0v) is 16.2. The van der Waals surface area contributed by atoms with E-state index in [0.29, 0.717) is 29.8 Å². The summed E-state index contributed by atoms with van der Waals surface area (Å²) in [5.74, 6) is -1.11. The summed E-state index contributed by atoms with van der Waals surface area (Å²) in [6.07, 6.45) is 2.33. The fourth-order valence-electron chi connectivity index (χ4n) is 3.30. The summed E-state index contributed by atoms with van der Waals surface area (Å²) in [4.78, 5) is 31.8. The first-order valence-electron chi connectivity index (χ1n) is 8.80. The molecule has 1 heterocycles. The Bertz CT molecular complexity index is 937. The Balaban J connectivity index is 1.68. The normalized spacial score (nSPS) is 23.6. The molecule has 0 bridgehead atoms. The first-order valence-corrected chi connectivity index (χ1v) is 9.56. The van der Waals surface area contributed by atoms with E-state index in [-0.39, 0.29) is 17.7 Å².